The molecule has 0 bridgehead atoms. The van der Waals surface area contributed by atoms with Gasteiger partial charge in [0.05, 0.1) is 22.9 Å². The van der Waals surface area contributed by atoms with Gasteiger partial charge in [-0.1, -0.05) is 22.9 Å². The molecule has 0 spiro atoms. The van der Waals surface area contributed by atoms with Gasteiger partial charge in [-0.25, -0.2) is 9.36 Å². The molecule has 1 amide bonds. The summed E-state index contributed by atoms with van der Waals surface area (Å²) in [7, 11) is 0.732. The van der Waals surface area contributed by atoms with Crippen molar-refractivity contribution in [2.24, 2.45) is 7.05 Å². The number of nitrogens with one attached hydrogen (secondary N) is 1. The number of hydrogen-bond donors (Lipinski definition) is 1. The van der Waals surface area contributed by atoms with E-state index in [0.717, 1.165) is 13.2 Å². The second-order valence-electron chi connectivity index (χ2n) is 8.13. The zero-order valence-corrected chi connectivity index (χ0v) is 19.0. The molecule has 196 valence electrons. The minimum Gasteiger partial charge on any atom is -0.334 e. The predicted octanol–water partition coefficient (Wildman–Crippen LogP) is 4.78. The van der Waals surface area contributed by atoms with E-state index in [9.17, 15) is 39.9 Å². The molecule has 2 heterocycles. The first-order valence-electron chi connectivity index (χ1n) is 10.1. The summed E-state index contributed by atoms with van der Waals surface area (Å²) in [6, 6.07) is 5.75. The lowest BCUT2D eigenvalue weighted by Crippen LogP contribution is -2.36. The van der Waals surface area contributed by atoms with Crippen LogP contribution in [0.5, 0.6) is 0 Å². The molecule has 3 aromatic rings. The van der Waals surface area contributed by atoms with Crippen molar-refractivity contribution in [1.82, 2.24) is 30.1 Å². The van der Waals surface area contributed by atoms with Gasteiger partial charge in [0.1, 0.15) is 16.8 Å². The second-order valence-corrected chi connectivity index (χ2v) is 8.54. The lowest BCUT2D eigenvalue weighted by Gasteiger charge is -2.19. The van der Waals surface area contributed by atoms with Crippen molar-refractivity contribution in [3.05, 3.63) is 46.2 Å². The summed E-state index contributed by atoms with van der Waals surface area (Å²) in [4.78, 5) is 12.6. The van der Waals surface area contributed by atoms with Crippen LogP contribution in [-0.2, 0) is 19.1 Å². The fourth-order valence-electron chi connectivity index (χ4n) is 3.43. The standard InChI is InChI=1S/C20H12ClF8N7O/c1-35-16(13(19(24,25)26)14(33-35)18(22,23)20(27,28)29)36-7-12(32-34-36)9-2-3-11(21)10(6-9)15(37)31-17(8-30)4-5-17/h2-3,6-7H,4-5H2,1H3,(H,31,37). The fourth-order valence-corrected chi connectivity index (χ4v) is 3.63. The number of nitrogens with zero attached hydrogens (tertiary/aromatic N) is 6. The van der Waals surface area contributed by atoms with E-state index < -0.39 is 46.8 Å². The molecule has 0 unspecified atom stereocenters. The van der Waals surface area contributed by atoms with Crippen molar-refractivity contribution < 1.29 is 39.9 Å². The van der Waals surface area contributed by atoms with Gasteiger partial charge in [-0.05, 0) is 25.0 Å². The first-order valence-corrected chi connectivity index (χ1v) is 10.4. The third-order valence-electron chi connectivity index (χ3n) is 5.49. The van der Waals surface area contributed by atoms with Crippen LogP contribution < -0.4 is 5.32 Å². The SMILES string of the molecule is Cn1nc(C(F)(F)C(F)(F)F)c(C(F)(F)F)c1-n1cc(-c2ccc(Cl)c(C(=O)NC3(C#N)CC3)c2)nn1. The molecule has 1 N–H and O–H groups in total. The maximum absolute atomic E-state index is 13.9. The van der Waals surface area contributed by atoms with Crippen LogP contribution in [0.1, 0.15) is 34.5 Å². The Kier molecular flexibility index (Phi) is 5.98. The Balaban J connectivity index is 1.77. The molecule has 8 nitrogen and oxygen atoms in total. The van der Waals surface area contributed by atoms with Crippen molar-refractivity contribution in [1.29, 1.82) is 5.26 Å². The highest BCUT2D eigenvalue weighted by Crippen LogP contribution is 2.49. The number of halogens is 9. The summed E-state index contributed by atoms with van der Waals surface area (Å²) in [6.45, 7) is 0. The molecule has 0 atom stereocenters. The highest BCUT2D eigenvalue weighted by molar-refractivity contribution is 6.34. The summed E-state index contributed by atoms with van der Waals surface area (Å²) in [5.41, 5.74) is -6.10. The molecule has 1 fully saturated rings. The van der Waals surface area contributed by atoms with Crippen LogP contribution in [0.3, 0.4) is 0 Å². The minimum absolute atomic E-state index is 0.0209. The van der Waals surface area contributed by atoms with Crippen LogP contribution in [0.2, 0.25) is 5.02 Å². The Morgan fingerprint density at radius 1 is 1.16 bits per heavy atom. The highest BCUT2D eigenvalue weighted by atomic mass is 35.5. The van der Waals surface area contributed by atoms with E-state index >= 15 is 0 Å². The van der Waals surface area contributed by atoms with Crippen molar-refractivity contribution in [3.8, 4) is 23.1 Å². The molecule has 0 aliphatic heterocycles. The summed E-state index contributed by atoms with van der Waals surface area (Å²) in [6.07, 6.45) is -10.3. The van der Waals surface area contributed by atoms with Crippen LogP contribution >= 0.6 is 11.6 Å². The van der Waals surface area contributed by atoms with Gasteiger partial charge in [-0.3, -0.25) is 4.79 Å². The van der Waals surface area contributed by atoms with Gasteiger partial charge < -0.3 is 5.32 Å². The molecule has 17 heteroatoms. The maximum atomic E-state index is 13.9. The Morgan fingerprint density at radius 3 is 2.35 bits per heavy atom. The highest BCUT2D eigenvalue weighted by Gasteiger charge is 2.64. The number of alkyl halides is 8. The van der Waals surface area contributed by atoms with Gasteiger partial charge in [0.15, 0.2) is 11.5 Å². The average molecular weight is 554 g/mol. The van der Waals surface area contributed by atoms with Crippen LogP contribution in [0, 0.1) is 11.3 Å². The summed E-state index contributed by atoms with van der Waals surface area (Å²) >= 11 is 6.06. The Hall–Kier alpha value is -3.74. The molecule has 1 saturated carbocycles. The number of nitriles is 1. The number of carbonyl (C=O) groups excluding carboxylic acids is 1. The fraction of sp³-hybridized carbons (Fsp3) is 0.350. The number of aryl methyl sites for hydroxylation is 1. The summed E-state index contributed by atoms with van der Waals surface area (Å²) in [5.74, 6) is -7.87. The number of aromatic nitrogens is 5. The molecule has 4 rings (SSSR count). The van der Waals surface area contributed by atoms with E-state index in [-0.39, 0.29) is 26.5 Å². The molecule has 1 aromatic carbocycles. The quantitative estimate of drug-likeness (QED) is 0.458. The van der Waals surface area contributed by atoms with Gasteiger partial charge in [0, 0.05) is 12.6 Å². The van der Waals surface area contributed by atoms with E-state index in [2.05, 4.69) is 20.7 Å². The van der Waals surface area contributed by atoms with Crippen molar-refractivity contribution in [2.75, 3.05) is 0 Å². The van der Waals surface area contributed by atoms with E-state index in [4.69, 9.17) is 16.9 Å². The molecular formula is C20H12ClF8N7O. The van der Waals surface area contributed by atoms with Gasteiger partial charge in [-0.15, -0.1) is 5.10 Å². The molecule has 37 heavy (non-hydrogen) atoms. The van der Waals surface area contributed by atoms with Crippen LogP contribution in [-0.4, -0.2) is 42.4 Å². The monoisotopic (exact) mass is 553 g/mol. The zero-order chi connectivity index (χ0) is 27.6. The van der Waals surface area contributed by atoms with E-state index in [1.165, 1.54) is 18.2 Å². The lowest BCUT2D eigenvalue weighted by atomic mass is 10.1. The Morgan fingerprint density at radius 2 is 1.81 bits per heavy atom. The van der Waals surface area contributed by atoms with Gasteiger partial charge in [0.25, 0.3) is 5.91 Å². The van der Waals surface area contributed by atoms with Gasteiger partial charge in [0.2, 0.25) is 0 Å². The smallest absolute Gasteiger partial charge is 0.334 e. The lowest BCUT2D eigenvalue weighted by molar-refractivity contribution is -0.292. The predicted molar refractivity (Wildman–Crippen MR) is 109 cm³/mol. The topological polar surface area (TPSA) is 101 Å². The van der Waals surface area contributed by atoms with E-state index in [1.54, 1.807) is 0 Å². The summed E-state index contributed by atoms with van der Waals surface area (Å²) < 4.78 is 108. The first-order chi connectivity index (χ1) is 17.0. The van der Waals surface area contributed by atoms with Gasteiger partial charge in [-0.2, -0.15) is 45.5 Å². The van der Waals surface area contributed by atoms with Crippen LogP contribution in [0.25, 0.3) is 17.1 Å². The molecule has 2 aromatic heterocycles. The van der Waals surface area contributed by atoms with Crippen LogP contribution in [0.15, 0.2) is 24.4 Å². The average Bonchev–Trinajstić information content (AvgIpc) is 3.21. The van der Waals surface area contributed by atoms with Crippen molar-refractivity contribution in [2.45, 2.75) is 36.7 Å². The third kappa shape index (κ3) is 4.59. The second kappa shape index (κ2) is 8.40. The molecule has 0 saturated heterocycles. The number of carbonyl (C=O) groups is 1. The number of rotatable bonds is 5. The van der Waals surface area contributed by atoms with Gasteiger partial charge >= 0.3 is 18.3 Å². The number of hydrogen-bond acceptors (Lipinski definition) is 5. The Labute approximate surface area is 206 Å². The zero-order valence-electron chi connectivity index (χ0n) is 18.2. The molecule has 0 radical (unpaired) electrons. The van der Waals surface area contributed by atoms with Crippen molar-refractivity contribution >= 4 is 17.5 Å². The minimum atomic E-state index is -6.35. The number of benzene rings is 1. The summed E-state index contributed by atoms with van der Waals surface area (Å²) in [5, 5.41) is 21.5. The third-order valence-corrected chi connectivity index (χ3v) is 5.82. The van der Waals surface area contributed by atoms with E-state index in [0.29, 0.717) is 17.5 Å². The molecule has 1 aliphatic rings. The molecule has 1 aliphatic carbocycles. The molecular weight excluding hydrogens is 542 g/mol. The van der Waals surface area contributed by atoms with Crippen LogP contribution in [0.4, 0.5) is 35.1 Å². The maximum Gasteiger partial charge on any atom is 0.459 e. The van der Waals surface area contributed by atoms with E-state index in [1.807, 2.05) is 6.07 Å². The Bertz CT molecular complexity index is 1430. The number of amides is 1. The first kappa shape index (κ1) is 26.3. The van der Waals surface area contributed by atoms with Crippen molar-refractivity contribution in [3.63, 3.8) is 0 Å². The largest absolute Gasteiger partial charge is 0.459 e. The normalized spacial score (nSPS) is 15.4.